The van der Waals surface area contributed by atoms with Crippen molar-refractivity contribution in [3.8, 4) is 0 Å². The van der Waals surface area contributed by atoms with Crippen LogP contribution in [0.3, 0.4) is 0 Å². The van der Waals surface area contributed by atoms with Gasteiger partial charge in [-0.3, -0.25) is 10.2 Å². The zero-order valence-electron chi connectivity index (χ0n) is 12.5. The molecule has 0 spiro atoms. The lowest BCUT2D eigenvalue weighted by atomic mass is 10.1. The van der Waals surface area contributed by atoms with E-state index in [-0.39, 0.29) is 5.91 Å². The summed E-state index contributed by atoms with van der Waals surface area (Å²) in [6.07, 6.45) is 2.34. The van der Waals surface area contributed by atoms with Crippen LogP contribution in [0.15, 0.2) is 42.5 Å². The van der Waals surface area contributed by atoms with Crippen LogP contribution in [-0.2, 0) is 24.1 Å². The van der Waals surface area contributed by atoms with Crippen molar-refractivity contribution in [1.82, 2.24) is 0 Å². The zero-order chi connectivity index (χ0) is 14.8. The van der Waals surface area contributed by atoms with Gasteiger partial charge in [-0.2, -0.15) is 0 Å². The third-order valence-corrected chi connectivity index (χ3v) is 4.03. The molecule has 1 N–H and O–H groups in total. The van der Waals surface area contributed by atoms with Gasteiger partial charge in [-0.25, -0.2) is 5.01 Å². The molecule has 1 aliphatic rings. The summed E-state index contributed by atoms with van der Waals surface area (Å²) in [7, 11) is 0. The van der Waals surface area contributed by atoms with E-state index in [2.05, 4.69) is 31.4 Å². The molecule has 3 heteroatoms. The Morgan fingerprint density at radius 3 is 2.48 bits per heavy atom. The molecule has 1 aliphatic heterocycles. The van der Waals surface area contributed by atoms with Gasteiger partial charge in [0.25, 0.3) is 0 Å². The summed E-state index contributed by atoms with van der Waals surface area (Å²) in [5, 5.41) is 1.72. The standard InChI is InChI=1S/C18H20N2O/c1-3-13-8-5-6-11-16(13)19-20-17(21)12-15-10-7-9-14(4-2)18(15)20/h5-11,19H,3-4,12H2,1-2H3. The van der Waals surface area contributed by atoms with Crippen molar-refractivity contribution in [2.45, 2.75) is 33.1 Å². The van der Waals surface area contributed by atoms with Crippen LogP contribution in [0.4, 0.5) is 11.4 Å². The molecule has 0 fully saturated rings. The number of hydrogen-bond donors (Lipinski definition) is 1. The molecule has 0 unspecified atom stereocenters. The van der Waals surface area contributed by atoms with Crippen LogP contribution in [0.25, 0.3) is 0 Å². The first-order valence-electron chi connectivity index (χ1n) is 7.52. The van der Waals surface area contributed by atoms with Crippen molar-refractivity contribution in [3.05, 3.63) is 59.2 Å². The third-order valence-electron chi connectivity index (χ3n) is 4.03. The Hall–Kier alpha value is -2.29. The number of rotatable bonds is 4. The number of hydrazine groups is 1. The van der Waals surface area contributed by atoms with E-state index < -0.39 is 0 Å². The number of fused-ring (bicyclic) bond motifs is 1. The maximum absolute atomic E-state index is 12.4. The second-order valence-electron chi connectivity index (χ2n) is 5.31. The maximum Gasteiger partial charge on any atom is 0.250 e. The van der Waals surface area contributed by atoms with Gasteiger partial charge < -0.3 is 0 Å². The number of nitrogens with one attached hydrogen (secondary N) is 1. The molecule has 2 aromatic carbocycles. The van der Waals surface area contributed by atoms with Gasteiger partial charge in [-0.15, -0.1) is 0 Å². The molecule has 3 nitrogen and oxygen atoms in total. The summed E-state index contributed by atoms with van der Waals surface area (Å²) >= 11 is 0. The smallest absolute Gasteiger partial charge is 0.250 e. The Labute approximate surface area is 125 Å². The molecule has 3 rings (SSSR count). The van der Waals surface area contributed by atoms with Gasteiger partial charge in [-0.1, -0.05) is 50.2 Å². The first kappa shape index (κ1) is 13.7. The van der Waals surface area contributed by atoms with Gasteiger partial charge >= 0.3 is 0 Å². The summed E-state index contributed by atoms with van der Waals surface area (Å²) in [4.78, 5) is 12.4. The average Bonchev–Trinajstić information content (AvgIpc) is 2.84. The van der Waals surface area contributed by atoms with E-state index in [4.69, 9.17) is 0 Å². The normalized spacial score (nSPS) is 13.4. The van der Waals surface area contributed by atoms with Gasteiger partial charge in [0.15, 0.2) is 0 Å². The molecule has 21 heavy (non-hydrogen) atoms. The molecule has 0 saturated heterocycles. The molecule has 0 atom stereocenters. The number of carbonyl (C=O) groups excluding carboxylic acids is 1. The predicted molar refractivity (Wildman–Crippen MR) is 86.5 cm³/mol. The van der Waals surface area contributed by atoms with E-state index >= 15 is 0 Å². The molecule has 0 bridgehead atoms. The number of aryl methyl sites for hydroxylation is 2. The third kappa shape index (κ3) is 2.40. The van der Waals surface area contributed by atoms with Crippen LogP contribution in [0.5, 0.6) is 0 Å². The maximum atomic E-state index is 12.4. The highest BCUT2D eigenvalue weighted by atomic mass is 16.2. The Morgan fingerprint density at radius 2 is 1.71 bits per heavy atom. The lowest BCUT2D eigenvalue weighted by Crippen LogP contribution is -2.33. The van der Waals surface area contributed by atoms with Crippen molar-refractivity contribution in [2.75, 3.05) is 10.4 Å². The summed E-state index contributed by atoms with van der Waals surface area (Å²) < 4.78 is 0. The minimum atomic E-state index is 0.108. The Morgan fingerprint density at radius 1 is 1.00 bits per heavy atom. The van der Waals surface area contributed by atoms with E-state index in [1.54, 1.807) is 5.01 Å². The lowest BCUT2D eigenvalue weighted by molar-refractivity contribution is -0.117. The molecule has 1 amide bonds. The SMILES string of the molecule is CCc1ccccc1NN1C(=O)Cc2cccc(CC)c21. The van der Waals surface area contributed by atoms with Crippen molar-refractivity contribution in [2.24, 2.45) is 0 Å². The highest BCUT2D eigenvalue weighted by Gasteiger charge is 2.29. The molecule has 0 aromatic heterocycles. The second-order valence-corrected chi connectivity index (χ2v) is 5.31. The largest absolute Gasteiger partial charge is 0.291 e. The van der Waals surface area contributed by atoms with E-state index in [9.17, 15) is 4.79 Å². The van der Waals surface area contributed by atoms with Gasteiger partial charge in [0.1, 0.15) is 0 Å². The number of para-hydroxylation sites is 2. The Kier molecular flexibility index (Phi) is 3.65. The summed E-state index contributed by atoms with van der Waals surface area (Å²) in [5.41, 5.74) is 8.90. The van der Waals surface area contributed by atoms with Gasteiger partial charge in [0.05, 0.1) is 17.8 Å². The summed E-state index contributed by atoms with van der Waals surface area (Å²) in [5.74, 6) is 0.108. The predicted octanol–water partition coefficient (Wildman–Crippen LogP) is 3.73. The fraction of sp³-hybridized carbons (Fsp3) is 0.278. The molecular weight excluding hydrogens is 260 g/mol. The number of amides is 1. The fourth-order valence-electron chi connectivity index (χ4n) is 2.90. The van der Waals surface area contributed by atoms with Crippen LogP contribution in [0, 0.1) is 0 Å². The molecule has 0 radical (unpaired) electrons. The quantitative estimate of drug-likeness (QED) is 0.925. The van der Waals surface area contributed by atoms with Gasteiger partial charge in [-0.05, 0) is 35.6 Å². The van der Waals surface area contributed by atoms with Crippen LogP contribution in [0.2, 0.25) is 0 Å². The van der Waals surface area contributed by atoms with Gasteiger partial charge in [0.2, 0.25) is 5.91 Å². The summed E-state index contributed by atoms with van der Waals surface area (Å²) in [6, 6.07) is 14.3. The van der Waals surface area contributed by atoms with Crippen molar-refractivity contribution in [1.29, 1.82) is 0 Å². The zero-order valence-corrected chi connectivity index (χ0v) is 12.5. The molecule has 0 saturated carbocycles. The first-order chi connectivity index (χ1) is 10.2. The first-order valence-corrected chi connectivity index (χ1v) is 7.52. The monoisotopic (exact) mass is 280 g/mol. The molecule has 0 aliphatic carbocycles. The van der Waals surface area contributed by atoms with Gasteiger partial charge in [0, 0.05) is 0 Å². The van der Waals surface area contributed by atoms with Crippen molar-refractivity contribution >= 4 is 17.3 Å². The molecule has 108 valence electrons. The van der Waals surface area contributed by atoms with Crippen LogP contribution in [-0.4, -0.2) is 5.91 Å². The minimum Gasteiger partial charge on any atom is -0.291 e. The lowest BCUT2D eigenvalue weighted by Gasteiger charge is -2.23. The molecular formula is C18H20N2O. The number of hydrogen-bond acceptors (Lipinski definition) is 2. The molecule has 2 aromatic rings. The topological polar surface area (TPSA) is 32.3 Å². The van der Waals surface area contributed by atoms with Crippen molar-refractivity contribution in [3.63, 3.8) is 0 Å². The number of carbonyl (C=O) groups is 1. The molecule has 1 heterocycles. The minimum absolute atomic E-state index is 0.108. The van der Waals surface area contributed by atoms with Crippen LogP contribution < -0.4 is 10.4 Å². The second kappa shape index (κ2) is 5.60. The van der Waals surface area contributed by atoms with E-state index in [0.717, 1.165) is 29.8 Å². The van der Waals surface area contributed by atoms with Crippen LogP contribution in [0.1, 0.15) is 30.5 Å². The average molecular weight is 280 g/mol. The van der Waals surface area contributed by atoms with E-state index in [1.807, 2.05) is 30.3 Å². The van der Waals surface area contributed by atoms with E-state index in [0.29, 0.717) is 6.42 Å². The highest BCUT2D eigenvalue weighted by Crippen LogP contribution is 2.33. The number of nitrogens with zero attached hydrogens (tertiary/aromatic N) is 1. The number of anilines is 2. The summed E-state index contributed by atoms with van der Waals surface area (Å²) in [6.45, 7) is 4.24. The fourth-order valence-corrected chi connectivity index (χ4v) is 2.90. The van der Waals surface area contributed by atoms with Crippen molar-refractivity contribution < 1.29 is 4.79 Å². The Bertz CT molecular complexity index is 679. The highest BCUT2D eigenvalue weighted by molar-refractivity contribution is 6.03. The van der Waals surface area contributed by atoms with E-state index in [1.165, 1.54) is 11.1 Å². The Balaban J connectivity index is 1.99. The van der Waals surface area contributed by atoms with Crippen LogP contribution >= 0.6 is 0 Å². The number of benzene rings is 2.